The number of anilines is 3. The predicted octanol–water partition coefficient (Wildman–Crippen LogP) is 2.39. The second-order valence-electron chi connectivity index (χ2n) is 6.05. The van der Waals surface area contributed by atoms with Gasteiger partial charge in [-0.3, -0.25) is 0 Å². The van der Waals surface area contributed by atoms with Crippen LogP contribution >= 0.6 is 11.6 Å². The van der Waals surface area contributed by atoms with Gasteiger partial charge in [0, 0.05) is 31.9 Å². The first-order chi connectivity index (χ1) is 13.6. The molecule has 11 heteroatoms. The Morgan fingerprint density at radius 1 is 1.29 bits per heavy atom. The lowest BCUT2D eigenvalue weighted by atomic mass is 10.3. The second-order valence-corrected chi connectivity index (χ2v) is 6.46. The van der Waals surface area contributed by atoms with Crippen LogP contribution in [-0.4, -0.2) is 57.0 Å². The van der Waals surface area contributed by atoms with Gasteiger partial charge in [-0.1, -0.05) is 11.6 Å². The number of halogens is 2. The molecule has 0 aliphatic carbocycles. The molecule has 0 spiro atoms. The molecule has 0 saturated carbocycles. The van der Waals surface area contributed by atoms with E-state index < -0.39 is 5.82 Å². The maximum absolute atomic E-state index is 13.4. The van der Waals surface area contributed by atoms with Gasteiger partial charge in [0.1, 0.15) is 23.2 Å². The number of hydrogen-bond donors (Lipinski definition) is 3. The minimum Gasteiger partial charge on any atom is -0.352 e. The van der Waals surface area contributed by atoms with Crippen LogP contribution in [0.3, 0.4) is 0 Å². The zero-order valence-electron chi connectivity index (χ0n) is 14.6. The largest absolute Gasteiger partial charge is 0.352 e. The molecule has 0 unspecified atom stereocenters. The van der Waals surface area contributed by atoms with Crippen LogP contribution in [0.4, 0.5) is 26.6 Å². The van der Waals surface area contributed by atoms with Gasteiger partial charge >= 0.3 is 6.03 Å². The average Bonchev–Trinajstić information content (AvgIpc) is 3.10. The molecule has 1 aliphatic rings. The first-order valence-electron chi connectivity index (χ1n) is 8.56. The van der Waals surface area contributed by atoms with E-state index in [0.717, 1.165) is 0 Å². The number of urea groups is 1. The molecular weight excluding hydrogens is 387 g/mol. The van der Waals surface area contributed by atoms with Crippen molar-refractivity contribution >= 4 is 46.1 Å². The summed E-state index contributed by atoms with van der Waals surface area (Å²) in [6.07, 6.45) is 2.97. The van der Waals surface area contributed by atoms with Crippen LogP contribution in [0.2, 0.25) is 5.02 Å². The van der Waals surface area contributed by atoms with Crippen molar-refractivity contribution in [1.29, 1.82) is 0 Å². The Morgan fingerprint density at radius 3 is 2.96 bits per heavy atom. The molecule has 2 amide bonds. The highest BCUT2D eigenvalue weighted by Crippen LogP contribution is 2.25. The van der Waals surface area contributed by atoms with Crippen molar-refractivity contribution in [3.63, 3.8) is 0 Å². The Balaban J connectivity index is 1.51. The number of aromatic nitrogens is 4. The van der Waals surface area contributed by atoms with Crippen LogP contribution in [0.15, 0.2) is 30.7 Å². The van der Waals surface area contributed by atoms with Gasteiger partial charge in [-0.15, -0.1) is 0 Å². The molecule has 144 valence electrons. The number of rotatable bonds is 6. The number of nitrogens with zero attached hydrogens (tertiary/aromatic N) is 5. The minimum atomic E-state index is -0.500. The standard InChI is InChI=1S/C17H16ClFN8O/c18-11-7-10(1-2-12(11)19)25-15-14-13(23-9-24-15)8-22-16(26-14)20-3-5-27-6-4-21-17(27)28/h1-2,7-9H,3-6H2,(H,21,28)(H,20,22,26)(H,23,24,25). The first-order valence-corrected chi connectivity index (χ1v) is 8.94. The molecule has 4 rings (SSSR count). The lowest BCUT2D eigenvalue weighted by molar-refractivity contribution is 0.219. The Bertz CT molecular complexity index is 1030. The third kappa shape index (κ3) is 3.86. The van der Waals surface area contributed by atoms with E-state index in [4.69, 9.17) is 11.6 Å². The summed E-state index contributed by atoms with van der Waals surface area (Å²) in [5.41, 5.74) is 1.62. The summed E-state index contributed by atoms with van der Waals surface area (Å²) in [5.74, 6) is 0.333. The Morgan fingerprint density at radius 2 is 2.18 bits per heavy atom. The van der Waals surface area contributed by atoms with Crippen molar-refractivity contribution < 1.29 is 9.18 Å². The number of hydrogen-bond acceptors (Lipinski definition) is 7. The highest BCUT2D eigenvalue weighted by molar-refractivity contribution is 6.31. The monoisotopic (exact) mass is 402 g/mol. The van der Waals surface area contributed by atoms with Gasteiger partial charge in [-0.25, -0.2) is 29.1 Å². The number of carbonyl (C=O) groups is 1. The molecule has 2 aromatic heterocycles. The van der Waals surface area contributed by atoms with E-state index >= 15 is 0 Å². The van der Waals surface area contributed by atoms with Crippen molar-refractivity contribution in [3.05, 3.63) is 41.6 Å². The van der Waals surface area contributed by atoms with Gasteiger partial charge in [0.05, 0.1) is 11.2 Å². The van der Waals surface area contributed by atoms with Crippen molar-refractivity contribution in [3.8, 4) is 0 Å². The van der Waals surface area contributed by atoms with Gasteiger partial charge in [-0.2, -0.15) is 0 Å². The number of nitrogens with one attached hydrogen (secondary N) is 3. The summed E-state index contributed by atoms with van der Waals surface area (Å²) in [7, 11) is 0. The fourth-order valence-corrected chi connectivity index (χ4v) is 2.95. The molecule has 1 aromatic carbocycles. The van der Waals surface area contributed by atoms with E-state index in [0.29, 0.717) is 54.7 Å². The average molecular weight is 403 g/mol. The molecule has 9 nitrogen and oxygen atoms in total. The molecular formula is C17H16ClFN8O. The van der Waals surface area contributed by atoms with E-state index in [-0.39, 0.29) is 11.1 Å². The summed E-state index contributed by atoms with van der Waals surface area (Å²) in [4.78, 5) is 30.3. The third-order valence-electron chi connectivity index (χ3n) is 4.17. The lowest BCUT2D eigenvalue weighted by Crippen LogP contribution is -2.32. The second kappa shape index (κ2) is 7.77. The highest BCUT2D eigenvalue weighted by atomic mass is 35.5. The normalized spacial score (nSPS) is 13.6. The van der Waals surface area contributed by atoms with Crippen molar-refractivity contribution in [2.45, 2.75) is 0 Å². The van der Waals surface area contributed by atoms with Crippen LogP contribution in [0, 0.1) is 5.82 Å². The van der Waals surface area contributed by atoms with Gasteiger partial charge in [-0.05, 0) is 18.2 Å². The number of fused-ring (bicyclic) bond motifs is 1. The fourth-order valence-electron chi connectivity index (χ4n) is 2.77. The summed E-state index contributed by atoms with van der Waals surface area (Å²) >= 11 is 5.83. The number of carbonyl (C=O) groups excluding carboxylic acids is 1. The van der Waals surface area contributed by atoms with E-state index in [9.17, 15) is 9.18 Å². The Hall–Kier alpha value is -3.27. The predicted molar refractivity (Wildman–Crippen MR) is 103 cm³/mol. The van der Waals surface area contributed by atoms with Gasteiger partial charge in [0.2, 0.25) is 5.95 Å². The quantitative estimate of drug-likeness (QED) is 0.581. The molecule has 3 heterocycles. The van der Waals surface area contributed by atoms with Crippen LogP contribution in [0.25, 0.3) is 11.0 Å². The molecule has 1 saturated heterocycles. The smallest absolute Gasteiger partial charge is 0.317 e. The number of amides is 2. The van der Waals surface area contributed by atoms with Crippen LogP contribution in [-0.2, 0) is 0 Å². The summed E-state index contributed by atoms with van der Waals surface area (Å²) in [6.45, 7) is 2.38. The number of benzene rings is 1. The molecule has 1 aliphatic heterocycles. The van der Waals surface area contributed by atoms with Crippen molar-refractivity contribution in [2.75, 3.05) is 36.8 Å². The van der Waals surface area contributed by atoms with Crippen LogP contribution < -0.4 is 16.0 Å². The Labute approximate surface area is 164 Å². The fraction of sp³-hybridized carbons (Fsp3) is 0.235. The Kier molecular flexibility index (Phi) is 5.02. The van der Waals surface area contributed by atoms with E-state index in [1.54, 1.807) is 17.2 Å². The van der Waals surface area contributed by atoms with Crippen molar-refractivity contribution in [2.24, 2.45) is 0 Å². The maximum Gasteiger partial charge on any atom is 0.317 e. The maximum atomic E-state index is 13.4. The molecule has 0 bridgehead atoms. The topological polar surface area (TPSA) is 108 Å². The molecule has 0 radical (unpaired) electrons. The molecule has 28 heavy (non-hydrogen) atoms. The molecule has 3 N–H and O–H groups in total. The zero-order chi connectivity index (χ0) is 19.5. The molecule has 1 fully saturated rings. The van der Waals surface area contributed by atoms with Gasteiger partial charge in [0.25, 0.3) is 0 Å². The summed E-state index contributed by atoms with van der Waals surface area (Å²) in [5, 5.41) is 8.92. The van der Waals surface area contributed by atoms with Crippen LogP contribution in [0.1, 0.15) is 0 Å². The van der Waals surface area contributed by atoms with E-state index in [2.05, 4.69) is 35.9 Å². The summed E-state index contributed by atoms with van der Waals surface area (Å²) < 4.78 is 13.4. The summed E-state index contributed by atoms with van der Waals surface area (Å²) in [6, 6.07) is 4.21. The van der Waals surface area contributed by atoms with Crippen molar-refractivity contribution in [1.82, 2.24) is 30.2 Å². The minimum absolute atomic E-state index is 0.00583. The van der Waals surface area contributed by atoms with Crippen LogP contribution in [0.5, 0.6) is 0 Å². The first kappa shape index (κ1) is 18.1. The van der Waals surface area contributed by atoms with Gasteiger partial charge in [0.15, 0.2) is 5.82 Å². The third-order valence-corrected chi connectivity index (χ3v) is 4.46. The lowest BCUT2D eigenvalue weighted by Gasteiger charge is -2.14. The van der Waals surface area contributed by atoms with E-state index in [1.807, 2.05) is 0 Å². The zero-order valence-corrected chi connectivity index (χ0v) is 15.4. The van der Waals surface area contributed by atoms with E-state index in [1.165, 1.54) is 18.5 Å². The highest BCUT2D eigenvalue weighted by Gasteiger charge is 2.18. The SMILES string of the molecule is O=C1NCCN1CCNc1ncc2ncnc(Nc3ccc(F)c(Cl)c3)c2n1. The molecule has 3 aromatic rings. The van der Waals surface area contributed by atoms with Gasteiger partial charge < -0.3 is 20.9 Å². The molecule has 0 atom stereocenters.